The van der Waals surface area contributed by atoms with Crippen LogP contribution >= 0.6 is 15.9 Å². The summed E-state index contributed by atoms with van der Waals surface area (Å²) >= 11 is 3.58. The summed E-state index contributed by atoms with van der Waals surface area (Å²) in [6.45, 7) is 2.02. The van der Waals surface area contributed by atoms with Gasteiger partial charge in [-0.1, -0.05) is 45.8 Å². The lowest BCUT2D eigenvalue weighted by atomic mass is 9.96. The second-order valence-electron chi connectivity index (χ2n) is 5.35. The molecule has 3 rings (SSSR count). The van der Waals surface area contributed by atoms with Crippen LogP contribution in [0.3, 0.4) is 0 Å². The Morgan fingerprint density at radius 2 is 1.90 bits per heavy atom. The van der Waals surface area contributed by atoms with Crippen LogP contribution in [-0.2, 0) is 11.2 Å². The summed E-state index contributed by atoms with van der Waals surface area (Å²) in [6, 6.07) is 11.3. The van der Waals surface area contributed by atoms with Gasteiger partial charge >= 0.3 is 0 Å². The average molecular weight is 348 g/mol. The zero-order valence-electron chi connectivity index (χ0n) is 11.6. The fraction of sp³-hybridized carbons (Fsp3) is 0.235. The molecule has 2 aromatic rings. The summed E-state index contributed by atoms with van der Waals surface area (Å²) < 4.78 is 14.3. The summed E-state index contributed by atoms with van der Waals surface area (Å²) in [4.78, 5) is 11.2. The predicted molar refractivity (Wildman–Crippen MR) is 85.3 cm³/mol. The standard InChI is InChI=1S/C17H15BrFNO/c1-10-2-4-11(5-3-10)17(18)13-8-12-6-7-16(21)20-15(12)9-14(13)19/h2-5,8-9,17H,6-7H2,1H3,(H,20,21). The molecule has 108 valence electrons. The molecule has 0 fully saturated rings. The molecule has 1 aliphatic heterocycles. The van der Waals surface area contributed by atoms with E-state index in [1.807, 2.05) is 37.3 Å². The summed E-state index contributed by atoms with van der Waals surface area (Å²) in [5.41, 5.74) is 4.37. The maximum Gasteiger partial charge on any atom is 0.224 e. The first-order chi connectivity index (χ1) is 10.0. The summed E-state index contributed by atoms with van der Waals surface area (Å²) in [5.74, 6) is -0.359. The van der Waals surface area contributed by atoms with Crippen LogP contribution in [0.4, 0.5) is 10.1 Å². The molecule has 0 aliphatic carbocycles. The first-order valence-electron chi connectivity index (χ1n) is 6.87. The van der Waals surface area contributed by atoms with Crippen LogP contribution in [0.1, 0.15) is 33.5 Å². The van der Waals surface area contributed by atoms with Crippen molar-refractivity contribution in [2.24, 2.45) is 0 Å². The van der Waals surface area contributed by atoms with Crippen LogP contribution < -0.4 is 5.32 Å². The number of rotatable bonds is 2. The van der Waals surface area contributed by atoms with E-state index in [1.54, 1.807) is 0 Å². The van der Waals surface area contributed by atoms with Crippen molar-refractivity contribution in [3.8, 4) is 0 Å². The van der Waals surface area contributed by atoms with E-state index in [4.69, 9.17) is 0 Å². The number of alkyl halides is 1. The van der Waals surface area contributed by atoms with Crippen LogP contribution in [0, 0.1) is 12.7 Å². The van der Waals surface area contributed by atoms with Gasteiger partial charge in [-0.25, -0.2) is 4.39 Å². The monoisotopic (exact) mass is 347 g/mol. The van der Waals surface area contributed by atoms with Gasteiger partial charge in [0.25, 0.3) is 0 Å². The second kappa shape index (κ2) is 5.60. The van der Waals surface area contributed by atoms with Gasteiger partial charge in [0.05, 0.1) is 4.83 Å². The SMILES string of the molecule is Cc1ccc(C(Br)c2cc3c(cc2F)NC(=O)CC3)cc1. The zero-order valence-corrected chi connectivity index (χ0v) is 13.2. The van der Waals surface area contributed by atoms with Crippen LogP contribution in [0.25, 0.3) is 0 Å². The van der Waals surface area contributed by atoms with Crippen molar-refractivity contribution in [2.75, 3.05) is 5.32 Å². The summed E-state index contributed by atoms with van der Waals surface area (Å²) in [5, 5.41) is 2.72. The molecule has 4 heteroatoms. The third-order valence-electron chi connectivity index (χ3n) is 3.76. The van der Waals surface area contributed by atoms with Crippen LogP contribution in [0.15, 0.2) is 36.4 Å². The molecule has 1 N–H and O–H groups in total. The van der Waals surface area contributed by atoms with Crippen molar-refractivity contribution in [1.29, 1.82) is 0 Å². The van der Waals surface area contributed by atoms with Gasteiger partial charge in [0.2, 0.25) is 5.91 Å². The van der Waals surface area contributed by atoms with Crippen LogP contribution in [-0.4, -0.2) is 5.91 Å². The molecule has 1 atom stereocenters. The third kappa shape index (κ3) is 2.86. The highest BCUT2D eigenvalue weighted by Gasteiger charge is 2.21. The van der Waals surface area contributed by atoms with Crippen molar-refractivity contribution in [2.45, 2.75) is 24.6 Å². The summed E-state index contributed by atoms with van der Waals surface area (Å²) in [7, 11) is 0. The van der Waals surface area contributed by atoms with Gasteiger partial charge in [-0.2, -0.15) is 0 Å². The molecule has 2 aromatic carbocycles. The van der Waals surface area contributed by atoms with E-state index in [-0.39, 0.29) is 16.6 Å². The van der Waals surface area contributed by atoms with E-state index in [0.29, 0.717) is 24.1 Å². The van der Waals surface area contributed by atoms with Gasteiger partial charge in [-0.3, -0.25) is 4.79 Å². The van der Waals surface area contributed by atoms with Gasteiger partial charge in [-0.15, -0.1) is 0 Å². The van der Waals surface area contributed by atoms with Gasteiger partial charge in [0, 0.05) is 17.7 Å². The zero-order chi connectivity index (χ0) is 15.0. The lowest BCUT2D eigenvalue weighted by Gasteiger charge is -2.20. The number of carbonyl (C=O) groups excluding carboxylic acids is 1. The number of fused-ring (bicyclic) bond motifs is 1. The molecule has 21 heavy (non-hydrogen) atoms. The maximum absolute atomic E-state index is 14.3. The highest BCUT2D eigenvalue weighted by Crippen LogP contribution is 2.36. The van der Waals surface area contributed by atoms with Crippen LogP contribution in [0.2, 0.25) is 0 Å². The highest BCUT2D eigenvalue weighted by atomic mass is 79.9. The van der Waals surface area contributed by atoms with Gasteiger partial charge in [0.15, 0.2) is 0 Å². The van der Waals surface area contributed by atoms with Crippen molar-refractivity contribution in [3.05, 3.63) is 64.5 Å². The molecule has 0 aromatic heterocycles. The topological polar surface area (TPSA) is 29.1 Å². The Kier molecular flexibility index (Phi) is 3.81. The van der Waals surface area contributed by atoms with Crippen LogP contribution in [0.5, 0.6) is 0 Å². The number of amides is 1. The highest BCUT2D eigenvalue weighted by molar-refractivity contribution is 9.09. The van der Waals surface area contributed by atoms with E-state index in [0.717, 1.165) is 11.1 Å². The summed E-state index contributed by atoms with van der Waals surface area (Å²) in [6.07, 6.45) is 1.11. The maximum atomic E-state index is 14.3. The number of benzene rings is 2. The third-order valence-corrected chi connectivity index (χ3v) is 4.78. The molecule has 1 unspecified atom stereocenters. The lowest BCUT2D eigenvalue weighted by Crippen LogP contribution is -2.19. The Morgan fingerprint density at radius 3 is 2.62 bits per heavy atom. The van der Waals surface area contributed by atoms with Crippen molar-refractivity contribution in [1.82, 2.24) is 0 Å². The largest absolute Gasteiger partial charge is 0.326 e. The molecule has 0 spiro atoms. The Hall–Kier alpha value is -1.68. The molecule has 0 radical (unpaired) electrons. The van der Waals surface area contributed by atoms with Crippen molar-refractivity contribution in [3.63, 3.8) is 0 Å². The normalized spacial score (nSPS) is 15.3. The van der Waals surface area contributed by atoms with E-state index in [9.17, 15) is 9.18 Å². The van der Waals surface area contributed by atoms with Crippen molar-refractivity contribution >= 4 is 27.5 Å². The molecule has 2 nitrogen and oxygen atoms in total. The van der Waals surface area contributed by atoms with Gasteiger partial charge < -0.3 is 5.32 Å². The quantitative estimate of drug-likeness (QED) is 0.796. The molecule has 1 aliphatic rings. The fourth-order valence-electron chi connectivity index (χ4n) is 2.53. The van der Waals surface area contributed by atoms with E-state index >= 15 is 0 Å². The number of aryl methyl sites for hydroxylation is 2. The molecule has 1 amide bonds. The average Bonchev–Trinajstić information content (AvgIpc) is 2.46. The molecular formula is C17H15BrFNO. The first-order valence-corrected chi connectivity index (χ1v) is 7.79. The minimum Gasteiger partial charge on any atom is -0.326 e. The molecule has 0 saturated heterocycles. The Morgan fingerprint density at radius 1 is 1.19 bits per heavy atom. The minimum atomic E-state index is -0.307. The second-order valence-corrected chi connectivity index (χ2v) is 6.27. The fourth-order valence-corrected chi connectivity index (χ4v) is 3.19. The number of anilines is 1. The lowest BCUT2D eigenvalue weighted by molar-refractivity contribution is -0.116. The molecule has 0 saturated carbocycles. The number of nitrogens with one attached hydrogen (secondary N) is 1. The molecular weight excluding hydrogens is 333 g/mol. The number of carbonyl (C=O) groups is 1. The Labute approximate surface area is 131 Å². The van der Waals surface area contributed by atoms with E-state index < -0.39 is 0 Å². The van der Waals surface area contributed by atoms with Gasteiger partial charge in [0.1, 0.15) is 5.82 Å². The smallest absolute Gasteiger partial charge is 0.224 e. The van der Waals surface area contributed by atoms with Crippen molar-refractivity contribution < 1.29 is 9.18 Å². The Bertz CT molecular complexity index is 697. The number of hydrogen-bond donors (Lipinski definition) is 1. The Balaban J connectivity index is 1.98. The van der Waals surface area contributed by atoms with Gasteiger partial charge in [-0.05, 0) is 36.6 Å². The number of halogens is 2. The first kappa shape index (κ1) is 14.3. The van der Waals surface area contributed by atoms with E-state index in [1.165, 1.54) is 11.6 Å². The molecule has 0 bridgehead atoms. The predicted octanol–water partition coefficient (Wildman–Crippen LogP) is 4.50. The molecule has 1 heterocycles. The van der Waals surface area contributed by atoms with E-state index in [2.05, 4.69) is 21.2 Å². The number of hydrogen-bond acceptors (Lipinski definition) is 1. The minimum absolute atomic E-state index is 0.0522.